The van der Waals surface area contributed by atoms with Crippen LogP contribution in [0, 0.1) is 12.8 Å². The van der Waals surface area contributed by atoms with Crippen LogP contribution < -0.4 is 5.32 Å². The van der Waals surface area contributed by atoms with Crippen molar-refractivity contribution in [3.05, 3.63) is 29.6 Å². The summed E-state index contributed by atoms with van der Waals surface area (Å²) in [6.45, 7) is 10.2. The minimum Gasteiger partial charge on any atom is -0.311 e. The van der Waals surface area contributed by atoms with E-state index < -0.39 is 0 Å². The normalized spacial score (nSPS) is 18.1. The highest BCUT2D eigenvalue weighted by molar-refractivity contribution is 5.11. The Hall–Kier alpha value is -0.930. The second kappa shape index (κ2) is 6.86. The van der Waals surface area contributed by atoms with Gasteiger partial charge in [0.1, 0.15) is 0 Å². The zero-order valence-corrected chi connectivity index (χ0v) is 11.7. The second-order valence-electron chi connectivity index (χ2n) is 5.57. The molecule has 1 aromatic heterocycles. The monoisotopic (exact) mass is 247 g/mol. The topological polar surface area (TPSA) is 28.2 Å². The molecule has 2 heterocycles. The van der Waals surface area contributed by atoms with Gasteiger partial charge in [-0.15, -0.1) is 0 Å². The molecule has 0 saturated carbocycles. The Balaban J connectivity index is 1.63. The number of aryl methyl sites for hydroxylation is 1. The van der Waals surface area contributed by atoms with Crippen LogP contribution in [0.1, 0.15) is 31.0 Å². The SMILES string of the molecule is Cc1ccc(CNCC(C)CN2CCCC2)nc1. The average molecular weight is 247 g/mol. The van der Waals surface area contributed by atoms with Gasteiger partial charge in [0.25, 0.3) is 0 Å². The van der Waals surface area contributed by atoms with E-state index in [0.717, 1.165) is 18.8 Å². The summed E-state index contributed by atoms with van der Waals surface area (Å²) in [6.07, 6.45) is 4.70. The number of pyridine rings is 1. The van der Waals surface area contributed by atoms with Crippen LogP contribution in [-0.4, -0.2) is 36.1 Å². The molecule has 1 fully saturated rings. The van der Waals surface area contributed by atoms with E-state index in [0.29, 0.717) is 5.92 Å². The van der Waals surface area contributed by atoms with Crippen molar-refractivity contribution in [2.24, 2.45) is 5.92 Å². The van der Waals surface area contributed by atoms with E-state index in [9.17, 15) is 0 Å². The summed E-state index contributed by atoms with van der Waals surface area (Å²) in [5.74, 6) is 0.716. The van der Waals surface area contributed by atoms with Crippen LogP contribution in [0.2, 0.25) is 0 Å². The smallest absolute Gasteiger partial charge is 0.0541 e. The van der Waals surface area contributed by atoms with Gasteiger partial charge in [0.2, 0.25) is 0 Å². The molecule has 18 heavy (non-hydrogen) atoms. The number of rotatable bonds is 6. The molecule has 1 saturated heterocycles. The van der Waals surface area contributed by atoms with E-state index in [4.69, 9.17) is 0 Å². The fourth-order valence-electron chi connectivity index (χ4n) is 2.52. The molecule has 100 valence electrons. The Morgan fingerprint density at radius 3 is 2.78 bits per heavy atom. The minimum absolute atomic E-state index is 0.716. The van der Waals surface area contributed by atoms with Crippen molar-refractivity contribution in [3.8, 4) is 0 Å². The number of aromatic nitrogens is 1. The van der Waals surface area contributed by atoms with E-state index >= 15 is 0 Å². The van der Waals surface area contributed by atoms with Gasteiger partial charge in [-0.1, -0.05) is 13.0 Å². The molecule has 0 aliphatic carbocycles. The number of nitrogens with zero attached hydrogens (tertiary/aromatic N) is 2. The van der Waals surface area contributed by atoms with Crippen LogP contribution in [0.15, 0.2) is 18.3 Å². The Kier molecular flexibility index (Phi) is 5.14. The first-order valence-electron chi connectivity index (χ1n) is 7.08. The van der Waals surface area contributed by atoms with E-state index in [1.165, 1.54) is 38.0 Å². The Labute approximate surface area is 111 Å². The third kappa shape index (κ3) is 4.39. The average Bonchev–Trinajstić information content (AvgIpc) is 2.84. The lowest BCUT2D eigenvalue weighted by Crippen LogP contribution is -2.31. The number of nitrogens with one attached hydrogen (secondary N) is 1. The van der Waals surface area contributed by atoms with Crippen molar-refractivity contribution in [2.45, 2.75) is 33.2 Å². The Morgan fingerprint density at radius 1 is 1.33 bits per heavy atom. The summed E-state index contributed by atoms with van der Waals surface area (Å²) < 4.78 is 0. The molecule has 0 radical (unpaired) electrons. The van der Waals surface area contributed by atoms with Gasteiger partial charge in [0.05, 0.1) is 5.69 Å². The maximum absolute atomic E-state index is 4.41. The Bertz CT molecular complexity index is 341. The van der Waals surface area contributed by atoms with Gasteiger partial charge in [0, 0.05) is 19.3 Å². The second-order valence-corrected chi connectivity index (χ2v) is 5.57. The molecule has 1 aliphatic rings. The minimum atomic E-state index is 0.716. The molecule has 3 heteroatoms. The fraction of sp³-hybridized carbons (Fsp3) is 0.667. The van der Waals surface area contributed by atoms with Crippen LogP contribution >= 0.6 is 0 Å². The highest BCUT2D eigenvalue weighted by Gasteiger charge is 2.14. The number of likely N-dealkylation sites (tertiary alicyclic amines) is 1. The summed E-state index contributed by atoms with van der Waals surface area (Å²) in [6, 6.07) is 4.23. The van der Waals surface area contributed by atoms with Gasteiger partial charge in [-0.2, -0.15) is 0 Å². The third-order valence-electron chi connectivity index (χ3n) is 3.54. The van der Waals surface area contributed by atoms with Gasteiger partial charge in [-0.05, 0) is 56.9 Å². The molecule has 1 atom stereocenters. The zero-order chi connectivity index (χ0) is 12.8. The lowest BCUT2D eigenvalue weighted by atomic mass is 10.1. The van der Waals surface area contributed by atoms with Gasteiger partial charge in [-0.25, -0.2) is 0 Å². The van der Waals surface area contributed by atoms with Crippen molar-refractivity contribution in [2.75, 3.05) is 26.2 Å². The summed E-state index contributed by atoms with van der Waals surface area (Å²) in [5, 5.41) is 3.51. The molecule has 0 amide bonds. The molecule has 0 spiro atoms. The van der Waals surface area contributed by atoms with E-state index in [1.807, 2.05) is 6.20 Å². The van der Waals surface area contributed by atoms with E-state index in [1.54, 1.807) is 0 Å². The molecule has 3 nitrogen and oxygen atoms in total. The predicted octanol–water partition coefficient (Wildman–Crippen LogP) is 2.21. The molecular weight excluding hydrogens is 222 g/mol. The molecule has 1 aromatic rings. The van der Waals surface area contributed by atoms with E-state index in [2.05, 4.69) is 41.2 Å². The largest absolute Gasteiger partial charge is 0.311 e. The number of hydrogen-bond donors (Lipinski definition) is 1. The first kappa shape index (κ1) is 13.5. The molecule has 1 N–H and O–H groups in total. The summed E-state index contributed by atoms with van der Waals surface area (Å²) in [7, 11) is 0. The Morgan fingerprint density at radius 2 is 2.11 bits per heavy atom. The third-order valence-corrected chi connectivity index (χ3v) is 3.54. The van der Waals surface area contributed by atoms with Crippen LogP contribution in [0.5, 0.6) is 0 Å². The van der Waals surface area contributed by atoms with Crippen molar-refractivity contribution in [1.82, 2.24) is 15.2 Å². The molecule has 1 unspecified atom stereocenters. The predicted molar refractivity (Wildman–Crippen MR) is 75.5 cm³/mol. The van der Waals surface area contributed by atoms with Crippen molar-refractivity contribution >= 4 is 0 Å². The number of hydrogen-bond acceptors (Lipinski definition) is 3. The highest BCUT2D eigenvalue weighted by atomic mass is 15.1. The van der Waals surface area contributed by atoms with Crippen LogP contribution in [-0.2, 0) is 6.54 Å². The quantitative estimate of drug-likeness (QED) is 0.835. The summed E-state index contributed by atoms with van der Waals surface area (Å²) in [4.78, 5) is 6.99. The molecule has 0 aromatic carbocycles. The molecular formula is C15H25N3. The van der Waals surface area contributed by atoms with Gasteiger partial charge < -0.3 is 10.2 Å². The van der Waals surface area contributed by atoms with Crippen molar-refractivity contribution in [1.29, 1.82) is 0 Å². The van der Waals surface area contributed by atoms with Gasteiger partial charge >= 0.3 is 0 Å². The fourth-order valence-corrected chi connectivity index (χ4v) is 2.52. The summed E-state index contributed by atoms with van der Waals surface area (Å²) in [5.41, 5.74) is 2.36. The highest BCUT2D eigenvalue weighted by Crippen LogP contribution is 2.09. The maximum Gasteiger partial charge on any atom is 0.0541 e. The lowest BCUT2D eigenvalue weighted by molar-refractivity contribution is 0.282. The van der Waals surface area contributed by atoms with Crippen molar-refractivity contribution < 1.29 is 0 Å². The zero-order valence-electron chi connectivity index (χ0n) is 11.7. The van der Waals surface area contributed by atoms with Crippen molar-refractivity contribution in [3.63, 3.8) is 0 Å². The first-order chi connectivity index (χ1) is 8.74. The van der Waals surface area contributed by atoms with E-state index in [-0.39, 0.29) is 0 Å². The van der Waals surface area contributed by atoms with Crippen LogP contribution in [0.3, 0.4) is 0 Å². The molecule has 2 rings (SSSR count). The first-order valence-corrected chi connectivity index (χ1v) is 7.08. The standard InChI is InChI=1S/C15H25N3/c1-13-5-6-15(17-10-13)11-16-9-14(2)12-18-7-3-4-8-18/h5-6,10,14,16H,3-4,7-9,11-12H2,1-2H3. The van der Waals surface area contributed by atoms with Gasteiger partial charge in [-0.3, -0.25) is 4.98 Å². The maximum atomic E-state index is 4.41. The summed E-state index contributed by atoms with van der Waals surface area (Å²) >= 11 is 0. The lowest BCUT2D eigenvalue weighted by Gasteiger charge is -2.20. The van der Waals surface area contributed by atoms with Crippen LogP contribution in [0.25, 0.3) is 0 Å². The molecule has 0 bridgehead atoms. The van der Waals surface area contributed by atoms with Gasteiger partial charge in [0.15, 0.2) is 0 Å². The van der Waals surface area contributed by atoms with Crippen LogP contribution in [0.4, 0.5) is 0 Å². The molecule has 1 aliphatic heterocycles.